The smallest absolute Gasteiger partial charge is 0.202 e. The van der Waals surface area contributed by atoms with E-state index in [2.05, 4.69) is 22.5 Å². The summed E-state index contributed by atoms with van der Waals surface area (Å²) in [6.45, 7) is 1.99. The molecule has 24 heavy (non-hydrogen) atoms. The van der Waals surface area contributed by atoms with Crippen molar-refractivity contribution in [3.05, 3.63) is 51.7 Å². The van der Waals surface area contributed by atoms with Crippen LogP contribution in [0.2, 0.25) is 0 Å². The second-order valence-electron chi connectivity index (χ2n) is 6.18. The summed E-state index contributed by atoms with van der Waals surface area (Å²) in [4.78, 5) is 7.10. The molecule has 7 heteroatoms. The Morgan fingerprint density at radius 3 is 2.92 bits per heavy atom. The predicted molar refractivity (Wildman–Crippen MR) is 97.4 cm³/mol. The first kappa shape index (κ1) is 15.7. The highest BCUT2D eigenvalue weighted by Crippen LogP contribution is 2.23. The fourth-order valence-corrected chi connectivity index (χ4v) is 4.58. The van der Waals surface area contributed by atoms with E-state index in [1.165, 1.54) is 24.3 Å². The summed E-state index contributed by atoms with van der Waals surface area (Å²) < 4.78 is 4.73. The van der Waals surface area contributed by atoms with Crippen molar-refractivity contribution in [3.8, 4) is 11.4 Å². The Labute approximate surface area is 150 Å². The van der Waals surface area contributed by atoms with Gasteiger partial charge in [-0.3, -0.25) is 4.98 Å². The van der Waals surface area contributed by atoms with Crippen molar-refractivity contribution < 1.29 is 4.90 Å². The number of aromatic nitrogens is 4. The zero-order valence-electron chi connectivity index (χ0n) is 13.6. The number of hydrogen-bond acceptors (Lipinski definition) is 4. The Morgan fingerprint density at radius 1 is 1.33 bits per heavy atom. The van der Waals surface area contributed by atoms with Gasteiger partial charge in [-0.15, -0.1) is 16.4 Å². The summed E-state index contributed by atoms with van der Waals surface area (Å²) in [5.41, 5.74) is 1.04. The summed E-state index contributed by atoms with van der Waals surface area (Å²) in [6.07, 6.45) is 6.08. The first-order valence-corrected chi connectivity index (χ1v) is 9.45. The number of pyridine rings is 1. The van der Waals surface area contributed by atoms with Crippen molar-refractivity contribution >= 4 is 23.6 Å². The lowest BCUT2D eigenvalue weighted by atomic mass is 10.2. The second-order valence-corrected chi connectivity index (χ2v) is 7.52. The molecule has 5 nitrogen and oxygen atoms in total. The van der Waals surface area contributed by atoms with Crippen molar-refractivity contribution in [2.45, 2.75) is 25.6 Å². The van der Waals surface area contributed by atoms with E-state index in [0.29, 0.717) is 6.04 Å². The molecule has 0 bridgehead atoms. The average Bonchev–Trinajstić information content (AvgIpc) is 3.33. The largest absolute Gasteiger partial charge is 0.309 e. The van der Waals surface area contributed by atoms with Gasteiger partial charge in [-0.05, 0) is 35.8 Å². The highest BCUT2D eigenvalue weighted by Gasteiger charge is 2.31. The Morgan fingerprint density at radius 2 is 2.17 bits per heavy atom. The van der Waals surface area contributed by atoms with E-state index < -0.39 is 0 Å². The van der Waals surface area contributed by atoms with E-state index in [4.69, 9.17) is 17.3 Å². The molecule has 1 unspecified atom stereocenters. The van der Waals surface area contributed by atoms with Gasteiger partial charge in [-0.2, -0.15) is 4.68 Å². The lowest BCUT2D eigenvalue weighted by Crippen LogP contribution is -3.09. The average molecular weight is 359 g/mol. The number of nitrogens with zero attached hydrogens (tertiary/aromatic N) is 4. The van der Waals surface area contributed by atoms with Crippen LogP contribution >= 0.6 is 23.6 Å². The number of quaternary nitrogens is 1. The summed E-state index contributed by atoms with van der Waals surface area (Å²) >= 11 is 7.48. The summed E-state index contributed by atoms with van der Waals surface area (Å²) in [5.74, 6) is 0.897. The molecular formula is C17H20N5S2+. The van der Waals surface area contributed by atoms with E-state index in [1.54, 1.807) is 17.3 Å². The number of thiophene rings is 1. The lowest BCUT2D eigenvalue weighted by molar-refractivity contribution is -0.941. The highest BCUT2D eigenvalue weighted by molar-refractivity contribution is 7.71. The van der Waals surface area contributed by atoms with Crippen LogP contribution in [-0.4, -0.2) is 25.9 Å². The van der Waals surface area contributed by atoms with Gasteiger partial charge < -0.3 is 9.47 Å². The molecule has 0 aromatic carbocycles. The number of rotatable bonds is 4. The molecule has 3 aromatic rings. The third-order valence-corrected chi connectivity index (χ3v) is 6.17. The molecule has 0 saturated carbocycles. The van der Waals surface area contributed by atoms with Gasteiger partial charge in [0.1, 0.15) is 6.04 Å². The first-order valence-electron chi connectivity index (χ1n) is 8.16. The fourth-order valence-electron chi connectivity index (χ4n) is 3.47. The predicted octanol–water partition coefficient (Wildman–Crippen LogP) is 2.45. The standard InChI is InChI=1S/C17H19N5S2/c1-20-16(13-6-8-18-9-7-13)19-22(17(20)23)12-21-10-2-4-14(21)15-5-3-11-24-15/h3,5-9,11,14H,2,4,10,12H2,1H3/p+1/t14-/m0/s1. The van der Waals surface area contributed by atoms with Gasteiger partial charge in [0.25, 0.3) is 0 Å². The van der Waals surface area contributed by atoms with Crippen molar-refractivity contribution in [1.82, 2.24) is 19.3 Å². The van der Waals surface area contributed by atoms with Crippen LogP contribution in [0, 0.1) is 4.77 Å². The van der Waals surface area contributed by atoms with Crippen molar-refractivity contribution in [2.24, 2.45) is 7.05 Å². The summed E-state index contributed by atoms with van der Waals surface area (Å²) in [5, 5.41) is 6.95. The van der Waals surface area contributed by atoms with E-state index in [-0.39, 0.29) is 0 Å². The topological polar surface area (TPSA) is 40.1 Å². The minimum atomic E-state index is 0.568. The van der Waals surface area contributed by atoms with Gasteiger partial charge >= 0.3 is 0 Å². The molecule has 1 aliphatic rings. The fraction of sp³-hybridized carbons (Fsp3) is 0.353. The second kappa shape index (κ2) is 6.58. The number of nitrogens with one attached hydrogen (secondary N) is 1. The maximum absolute atomic E-state index is 5.62. The summed E-state index contributed by atoms with van der Waals surface area (Å²) in [7, 11) is 1.98. The van der Waals surface area contributed by atoms with Crippen LogP contribution in [0.4, 0.5) is 0 Å². The molecule has 1 aliphatic heterocycles. The normalized spacial score (nSPS) is 20.5. The van der Waals surface area contributed by atoms with Crippen LogP contribution in [0.15, 0.2) is 42.0 Å². The van der Waals surface area contributed by atoms with E-state index in [9.17, 15) is 0 Å². The Hall–Kier alpha value is -1.83. The molecular weight excluding hydrogens is 338 g/mol. The molecule has 124 valence electrons. The number of hydrogen-bond donors (Lipinski definition) is 1. The molecule has 0 amide bonds. The van der Waals surface area contributed by atoms with Crippen LogP contribution in [0.25, 0.3) is 11.4 Å². The molecule has 2 atom stereocenters. The van der Waals surface area contributed by atoms with Crippen molar-refractivity contribution in [1.29, 1.82) is 0 Å². The van der Waals surface area contributed by atoms with Gasteiger partial charge in [-0.1, -0.05) is 6.07 Å². The molecule has 0 radical (unpaired) electrons. The minimum Gasteiger partial charge on any atom is -0.309 e. The molecule has 1 fully saturated rings. The SMILES string of the molecule is Cn1c(-c2ccncc2)nn(C[NH+]2CCC[C@H]2c2cccs2)c1=S. The molecule has 0 spiro atoms. The van der Waals surface area contributed by atoms with Gasteiger partial charge in [0.15, 0.2) is 12.5 Å². The minimum absolute atomic E-state index is 0.568. The molecule has 1 saturated heterocycles. The first-order chi connectivity index (χ1) is 11.7. The van der Waals surface area contributed by atoms with E-state index in [1.807, 2.05) is 39.8 Å². The van der Waals surface area contributed by atoms with E-state index in [0.717, 1.165) is 22.8 Å². The number of likely N-dealkylation sites (tertiary alicyclic amines) is 1. The quantitative estimate of drug-likeness (QED) is 0.728. The Kier molecular flexibility index (Phi) is 4.30. The maximum Gasteiger partial charge on any atom is 0.202 e. The van der Waals surface area contributed by atoms with Crippen LogP contribution in [0.3, 0.4) is 0 Å². The van der Waals surface area contributed by atoms with Gasteiger partial charge in [0.2, 0.25) is 4.77 Å². The molecule has 1 N–H and O–H groups in total. The third kappa shape index (κ3) is 2.83. The Bertz CT molecular complexity index is 866. The molecule has 4 heterocycles. The van der Waals surface area contributed by atoms with Crippen LogP contribution in [0.5, 0.6) is 0 Å². The van der Waals surface area contributed by atoms with Crippen LogP contribution in [0.1, 0.15) is 23.8 Å². The van der Waals surface area contributed by atoms with Crippen LogP contribution < -0.4 is 4.90 Å². The third-order valence-electron chi connectivity index (χ3n) is 4.70. The van der Waals surface area contributed by atoms with Gasteiger partial charge in [0.05, 0.1) is 11.4 Å². The van der Waals surface area contributed by atoms with Gasteiger partial charge in [-0.25, -0.2) is 0 Å². The van der Waals surface area contributed by atoms with Crippen molar-refractivity contribution in [2.75, 3.05) is 6.54 Å². The van der Waals surface area contributed by atoms with E-state index >= 15 is 0 Å². The monoisotopic (exact) mass is 358 g/mol. The maximum atomic E-state index is 5.62. The molecule has 3 aromatic heterocycles. The van der Waals surface area contributed by atoms with Gasteiger partial charge in [0, 0.05) is 37.8 Å². The zero-order chi connectivity index (χ0) is 16.5. The highest BCUT2D eigenvalue weighted by atomic mass is 32.1. The molecule has 4 rings (SSSR count). The zero-order valence-corrected chi connectivity index (χ0v) is 15.2. The lowest BCUT2D eigenvalue weighted by Gasteiger charge is -2.20. The van der Waals surface area contributed by atoms with Crippen LogP contribution in [-0.2, 0) is 13.7 Å². The van der Waals surface area contributed by atoms with Crippen molar-refractivity contribution in [3.63, 3.8) is 0 Å². The summed E-state index contributed by atoms with van der Waals surface area (Å²) in [6, 6.07) is 8.90. The Balaban J connectivity index is 1.62. The molecule has 0 aliphatic carbocycles.